The van der Waals surface area contributed by atoms with E-state index in [2.05, 4.69) is 0 Å². The number of fused-ring (bicyclic) bond motifs is 1. The van der Waals surface area contributed by atoms with Crippen LogP contribution >= 0.6 is 0 Å². The first-order chi connectivity index (χ1) is 17.0. The third-order valence-electron chi connectivity index (χ3n) is 6.59. The molecule has 1 fully saturated rings. The zero-order valence-electron chi connectivity index (χ0n) is 20.2. The second kappa shape index (κ2) is 9.74. The van der Waals surface area contributed by atoms with Crippen LogP contribution in [0.1, 0.15) is 37.6 Å². The van der Waals surface area contributed by atoms with Crippen LogP contribution in [-0.4, -0.2) is 38.9 Å². The fourth-order valence-corrected chi connectivity index (χ4v) is 5.00. The average molecular weight is 467 g/mol. The number of imidazole rings is 1. The molecular weight excluding hydrogens is 436 g/mol. The second-order valence-electron chi connectivity index (χ2n) is 9.40. The highest BCUT2D eigenvalue weighted by Gasteiger charge is 2.34. The van der Waals surface area contributed by atoms with E-state index >= 15 is 0 Å². The van der Waals surface area contributed by atoms with E-state index in [-0.39, 0.29) is 30.3 Å². The number of anilines is 1. The topological polar surface area (TPSA) is 58.4 Å². The lowest BCUT2D eigenvalue weighted by Gasteiger charge is -2.27. The largest absolute Gasteiger partial charge is 0.338 e. The minimum atomic E-state index is -0.0596. The number of benzene rings is 3. The zero-order chi connectivity index (χ0) is 24.4. The molecule has 1 unspecified atom stereocenters. The van der Waals surface area contributed by atoms with Gasteiger partial charge in [-0.3, -0.25) is 9.59 Å². The number of rotatable bonds is 7. The van der Waals surface area contributed by atoms with Gasteiger partial charge in [-0.2, -0.15) is 0 Å². The molecule has 3 aromatic carbocycles. The first-order valence-electron chi connectivity index (χ1n) is 12.1. The number of aromatic nitrogens is 2. The lowest BCUT2D eigenvalue weighted by Crippen LogP contribution is -2.39. The number of hydrogen-bond donors (Lipinski definition) is 0. The van der Waals surface area contributed by atoms with Gasteiger partial charge in [0.25, 0.3) is 0 Å². The van der Waals surface area contributed by atoms with Gasteiger partial charge in [0.1, 0.15) is 12.4 Å². The van der Waals surface area contributed by atoms with Gasteiger partial charge in [0.2, 0.25) is 11.8 Å². The van der Waals surface area contributed by atoms with Crippen LogP contribution in [0.4, 0.5) is 5.69 Å². The summed E-state index contributed by atoms with van der Waals surface area (Å²) >= 11 is 0. The molecule has 0 aliphatic carbocycles. The number of nitrogens with zero attached hydrogens (tertiary/aromatic N) is 4. The molecule has 2 amide bonds. The van der Waals surface area contributed by atoms with Gasteiger partial charge in [-0.25, -0.2) is 4.98 Å². The summed E-state index contributed by atoms with van der Waals surface area (Å²) in [5.41, 5.74) is 3.76. The lowest BCUT2D eigenvalue weighted by molar-refractivity contribution is -0.128. The average Bonchev–Trinajstić information content (AvgIpc) is 3.40. The molecule has 1 aliphatic rings. The third-order valence-corrected chi connectivity index (χ3v) is 6.59. The van der Waals surface area contributed by atoms with Crippen molar-refractivity contribution < 1.29 is 9.59 Å². The number of amides is 2. The highest BCUT2D eigenvalue weighted by Crippen LogP contribution is 2.31. The highest BCUT2D eigenvalue weighted by molar-refractivity contribution is 5.94. The maximum absolute atomic E-state index is 13.6. The SMILES string of the molecule is CC(C)N(C(=O)Cn1c(C2CC(=O)N(Cc3ccccc3)C2)nc2ccccc21)c1ccccc1. The third kappa shape index (κ3) is 4.69. The molecule has 6 nitrogen and oxygen atoms in total. The van der Waals surface area contributed by atoms with Gasteiger partial charge >= 0.3 is 0 Å². The molecule has 0 radical (unpaired) electrons. The van der Waals surface area contributed by atoms with Crippen LogP contribution in [0.3, 0.4) is 0 Å². The Balaban J connectivity index is 1.45. The summed E-state index contributed by atoms with van der Waals surface area (Å²) in [6, 6.07) is 27.7. The quantitative estimate of drug-likeness (QED) is 0.385. The van der Waals surface area contributed by atoms with Gasteiger partial charge < -0.3 is 14.4 Å². The number of likely N-dealkylation sites (tertiary alicyclic amines) is 1. The van der Waals surface area contributed by atoms with Crippen LogP contribution in [0.5, 0.6) is 0 Å². The molecule has 178 valence electrons. The molecule has 1 atom stereocenters. The van der Waals surface area contributed by atoms with E-state index in [4.69, 9.17) is 4.98 Å². The first kappa shape index (κ1) is 22.8. The molecule has 0 saturated carbocycles. The molecule has 5 rings (SSSR count). The summed E-state index contributed by atoms with van der Waals surface area (Å²) in [4.78, 5) is 35.2. The van der Waals surface area contributed by atoms with Crippen LogP contribution in [0.25, 0.3) is 11.0 Å². The maximum atomic E-state index is 13.6. The predicted octanol–water partition coefficient (Wildman–Crippen LogP) is 4.99. The van der Waals surface area contributed by atoms with Crippen molar-refractivity contribution in [2.45, 2.75) is 45.3 Å². The number of carbonyl (C=O) groups is 2. The zero-order valence-corrected chi connectivity index (χ0v) is 20.2. The second-order valence-corrected chi connectivity index (χ2v) is 9.40. The Morgan fingerprint density at radius 2 is 1.63 bits per heavy atom. The van der Waals surface area contributed by atoms with Crippen molar-refractivity contribution in [3.05, 3.63) is 96.3 Å². The van der Waals surface area contributed by atoms with Crippen molar-refractivity contribution >= 4 is 28.5 Å². The van der Waals surface area contributed by atoms with Crippen molar-refractivity contribution in [3.8, 4) is 0 Å². The summed E-state index contributed by atoms with van der Waals surface area (Å²) < 4.78 is 2.01. The molecule has 0 bridgehead atoms. The van der Waals surface area contributed by atoms with Crippen molar-refractivity contribution in [2.75, 3.05) is 11.4 Å². The van der Waals surface area contributed by atoms with E-state index in [1.807, 2.05) is 113 Å². The molecule has 2 heterocycles. The van der Waals surface area contributed by atoms with Crippen molar-refractivity contribution in [1.29, 1.82) is 0 Å². The van der Waals surface area contributed by atoms with Crippen molar-refractivity contribution in [3.63, 3.8) is 0 Å². The molecule has 1 aliphatic heterocycles. The molecule has 35 heavy (non-hydrogen) atoms. The van der Waals surface area contributed by atoms with Gasteiger partial charge in [-0.15, -0.1) is 0 Å². The molecular formula is C29H30N4O2. The fraction of sp³-hybridized carbons (Fsp3) is 0.276. The number of hydrogen-bond acceptors (Lipinski definition) is 3. The minimum Gasteiger partial charge on any atom is -0.338 e. The Morgan fingerprint density at radius 1 is 0.971 bits per heavy atom. The fourth-order valence-electron chi connectivity index (χ4n) is 5.00. The standard InChI is InChI=1S/C29H30N4O2/c1-21(2)33(24-13-7-4-8-14-24)28(35)20-32-26-16-10-9-15-25(26)30-29(32)23-17-27(34)31(19-23)18-22-11-5-3-6-12-22/h3-16,21,23H,17-20H2,1-2H3. The summed E-state index contributed by atoms with van der Waals surface area (Å²) in [6.45, 7) is 5.40. The first-order valence-corrected chi connectivity index (χ1v) is 12.1. The summed E-state index contributed by atoms with van der Waals surface area (Å²) in [7, 11) is 0. The molecule has 0 spiro atoms. The van der Waals surface area contributed by atoms with Gasteiger partial charge in [0, 0.05) is 37.2 Å². The van der Waals surface area contributed by atoms with Gasteiger partial charge in [-0.1, -0.05) is 60.7 Å². The summed E-state index contributed by atoms with van der Waals surface area (Å²) in [5.74, 6) is 0.869. The number of para-hydroxylation sites is 3. The minimum absolute atomic E-state index is 0.000989. The van der Waals surface area contributed by atoms with Crippen molar-refractivity contribution in [2.24, 2.45) is 0 Å². The molecule has 0 N–H and O–H groups in total. The Bertz CT molecular complexity index is 1330. The van der Waals surface area contributed by atoms with Crippen LogP contribution in [0.2, 0.25) is 0 Å². The van der Waals surface area contributed by atoms with Crippen LogP contribution in [0.15, 0.2) is 84.9 Å². The Morgan fingerprint density at radius 3 is 2.34 bits per heavy atom. The monoisotopic (exact) mass is 466 g/mol. The molecule has 1 aromatic heterocycles. The van der Waals surface area contributed by atoms with Crippen LogP contribution < -0.4 is 4.90 Å². The lowest BCUT2D eigenvalue weighted by atomic mass is 10.1. The van der Waals surface area contributed by atoms with E-state index in [1.54, 1.807) is 0 Å². The van der Waals surface area contributed by atoms with Gasteiger partial charge in [0.15, 0.2) is 0 Å². The Hall–Kier alpha value is -3.93. The molecule has 4 aromatic rings. The molecule has 1 saturated heterocycles. The highest BCUT2D eigenvalue weighted by atomic mass is 16.2. The van der Waals surface area contributed by atoms with E-state index < -0.39 is 0 Å². The Kier molecular flexibility index (Phi) is 6.36. The van der Waals surface area contributed by atoms with Crippen molar-refractivity contribution in [1.82, 2.24) is 14.5 Å². The van der Waals surface area contributed by atoms with E-state index in [9.17, 15) is 9.59 Å². The van der Waals surface area contributed by atoms with E-state index in [0.717, 1.165) is 28.1 Å². The smallest absolute Gasteiger partial charge is 0.247 e. The summed E-state index contributed by atoms with van der Waals surface area (Å²) in [6.07, 6.45) is 0.400. The molecule has 6 heteroatoms. The number of carbonyl (C=O) groups excluding carboxylic acids is 2. The van der Waals surface area contributed by atoms with E-state index in [0.29, 0.717) is 19.5 Å². The Labute approximate surface area is 205 Å². The van der Waals surface area contributed by atoms with Crippen LogP contribution in [-0.2, 0) is 22.7 Å². The normalized spacial score (nSPS) is 15.8. The van der Waals surface area contributed by atoms with Gasteiger partial charge in [-0.05, 0) is 43.7 Å². The maximum Gasteiger partial charge on any atom is 0.247 e. The van der Waals surface area contributed by atoms with Crippen LogP contribution in [0, 0.1) is 0 Å². The summed E-state index contributed by atoms with van der Waals surface area (Å²) in [5, 5.41) is 0. The van der Waals surface area contributed by atoms with E-state index in [1.165, 1.54) is 0 Å². The predicted molar refractivity (Wildman–Crippen MR) is 138 cm³/mol. The van der Waals surface area contributed by atoms with Gasteiger partial charge in [0.05, 0.1) is 11.0 Å².